The summed E-state index contributed by atoms with van der Waals surface area (Å²) in [6.45, 7) is 6.82. The number of nitrogens with zero attached hydrogens (tertiary/aromatic N) is 6. The van der Waals surface area contributed by atoms with Gasteiger partial charge in [0.15, 0.2) is 5.16 Å². The van der Waals surface area contributed by atoms with Gasteiger partial charge in [0.05, 0.1) is 11.4 Å². The summed E-state index contributed by atoms with van der Waals surface area (Å²) >= 11 is 7.63. The summed E-state index contributed by atoms with van der Waals surface area (Å²) in [6.07, 6.45) is 0. The van der Waals surface area contributed by atoms with Gasteiger partial charge in [0, 0.05) is 65.0 Å². The number of rotatable bonds is 7. The number of anilines is 2. The molecule has 2 aliphatic rings. The molecular weight excluding hydrogens is 511 g/mol. The molecule has 1 aromatic heterocycles. The average molecular weight is 541 g/mol. The van der Waals surface area contributed by atoms with E-state index in [1.54, 1.807) is 12.1 Å². The number of carbonyl (C=O) groups excluding carboxylic acids is 1. The molecule has 37 heavy (non-hydrogen) atoms. The number of benzene rings is 2. The van der Waals surface area contributed by atoms with Gasteiger partial charge < -0.3 is 14.7 Å². The van der Waals surface area contributed by atoms with Gasteiger partial charge in [0.2, 0.25) is 5.91 Å². The summed E-state index contributed by atoms with van der Waals surface area (Å²) in [4.78, 5) is 30.3. The molecule has 194 valence electrons. The van der Waals surface area contributed by atoms with Gasteiger partial charge in [-0.2, -0.15) is 0 Å². The van der Waals surface area contributed by atoms with Crippen molar-refractivity contribution in [2.45, 2.75) is 11.7 Å². The van der Waals surface area contributed by atoms with Gasteiger partial charge in [-0.25, -0.2) is 14.4 Å². The van der Waals surface area contributed by atoms with Gasteiger partial charge in [-0.3, -0.25) is 9.69 Å². The van der Waals surface area contributed by atoms with Gasteiger partial charge in [0.1, 0.15) is 16.8 Å². The van der Waals surface area contributed by atoms with Crippen LogP contribution in [0.15, 0.2) is 65.8 Å². The summed E-state index contributed by atoms with van der Waals surface area (Å²) in [5.74, 6) is 0.895. The van der Waals surface area contributed by atoms with E-state index < -0.39 is 0 Å². The van der Waals surface area contributed by atoms with Crippen molar-refractivity contribution in [2.75, 3.05) is 67.9 Å². The Balaban J connectivity index is 1.11. The highest BCUT2D eigenvalue weighted by Crippen LogP contribution is 2.25. The zero-order chi connectivity index (χ0) is 25.6. The van der Waals surface area contributed by atoms with Crippen LogP contribution in [0.4, 0.5) is 15.9 Å². The highest BCUT2D eigenvalue weighted by atomic mass is 35.5. The van der Waals surface area contributed by atoms with E-state index in [9.17, 15) is 9.18 Å². The fourth-order valence-corrected chi connectivity index (χ4v) is 5.70. The van der Waals surface area contributed by atoms with Crippen molar-refractivity contribution in [2.24, 2.45) is 0 Å². The second-order valence-electron chi connectivity index (χ2n) is 9.19. The molecule has 3 aromatic rings. The Labute approximate surface area is 226 Å². The monoisotopic (exact) mass is 540 g/mol. The lowest BCUT2D eigenvalue weighted by atomic mass is 10.2. The van der Waals surface area contributed by atoms with Crippen molar-refractivity contribution >= 4 is 40.8 Å². The molecule has 7 nitrogen and oxygen atoms in total. The Kier molecular flexibility index (Phi) is 8.43. The topological polar surface area (TPSA) is 55.8 Å². The standard InChI is InChI=1S/C27H30ClFN6OS/c28-24-18-25(34-16-14-33(15-17-34)23-9-5-4-8-22(23)29)31-27(30-24)37-20-26(36)35-12-10-32(11-13-35)19-21-6-2-1-3-7-21/h1-9,18H,10-17,19-20H2. The fourth-order valence-electron chi connectivity index (χ4n) is 4.71. The van der Waals surface area contributed by atoms with Crippen LogP contribution < -0.4 is 9.80 Å². The summed E-state index contributed by atoms with van der Waals surface area (Å²) in [6, 6.07) is 19.0. The van der Waals surface area contributed by atoms with Crippen molar-refractivity contribution < 1.29 is 9.18 Å². The highest BCUT2D eigenvalue weighted by molar-refractivity contribution is 7.99. The molecule has 2 aliphatic heterocycles. The van der Waals surface area contributed by atoms with Crippen LogP contribution in [0.2, 0.25) is 5.15 Å². The van der Waals surface area contributed by atoms with Crippen molar-refractivity contribution in [3.05, 3.63) is 77.2 Å². The minimum absolute atomic E-state index is 0.0907. The second-order valence-corrected chi connectivity index (χ2v) is 10.5. The molecule has 0 unspecified atom stereocenters. The fraction of sp³-hybridized carbons (Fsp3) is 0.370. The molecule has 10 heteroatoms. The Hall–Kier alpha value is -2.88. The quantitative estimate of drug-likeness (QED) is 0.255. The molecule has 0 saturated carbocycles. The molecule has 1 amide bonds. The van der Waals surface area contributed by atoms with Crippen LogP contribution >= 0.6 is 23.4 Å². The summed E-state index contributed by atoms with van der Waals surface area (Å²) < 4.78 is 14.2. The highest BCUT2D eigenvalue weighted by Gasteiger charge is 2.23. The Morgan fingerprint density at radius 1 is 0.865 bits per heavy atom. The summed E-state index contributed by atoms with van der Waals surface area (Å²) in [5.41, 5.74) is 1.92. The normalized spacial score (nSPS) is 16.8. The van der Waals surface area contributed by atoms with Crippen molar-refractivity contribution in [1.29, 1.82) is 0 Å². The van der Waals surface area contributed by atoms with Gasteiger partial charge in [-0.05, 0) is 17.7 Å². The first-order chi connectivity index (χ1) is 18.0. The minimum Gasteiger partial charge on any atom is -0.366 e. The van der Waals surface area contributed by atoms with Crippen LogP contribution in [0.3, 0.4) is 0 Å². The van der Waals surface area contributed by atoms with Gasteiger partial charge >= 0.3 is 0 Å². The molecule has 3 heterocycles. The first-order valence-corrected chi connectivity index (χ1v) is 13.9. The Bertz CT molecular complexity index is 1200. The van der Waals surface area contributed by atoms with Crippen LogP contribution in [0.1, 0.15) is 5.56 Å². The zero-order valence-electron chi connectivity index (χ0n) is 20.6. The molecule has 0 atom stereocenters. The van der Waals surface area contributed by atoms with Crippen LogP contribution in [0.25, 0.3) is 0 Å². The number of halogens is 2. The van der Waals surface area contributed by atoms with E-state index in [2.05, 4.69) is 44.0 Å². The number of amides is 1. The lowest BCUT2D eigenvalue weighted by Gasteiger charge is -2.36. The van der Waals surface area contributed by atoms with Gasteiger partial charge in [-0.15, -0.1) is 0 Å². The maximum absolute atomic E-state index is 14.2. The number of para-hydroxylation sites is 1. The molecule has 0 spiro atoms. The van der Waals surface area contributed by atoms with E-state index in [4.69, 9.17) is 11.6 Å². The van der Waals surface area contributed by atoms with Crippen molar-refractivity contribution in [1.82, 2.24) is 19.8 Å². The SMILES string of the molecule is O=C(CSc1nc(Cl)cc(N2CCN(c3ccccc3F)CC2)n1)N1CCN(Cc2ccccc2)CC1. The molecule has 0 aliphatic carbocycles. The largest absolute Gasteiger partial charge is 0.366 e. The molecule has 5 rings (SSSR count). The number of thioether (sulfide) groups is 1. The summed E-state index contributed by atoms with van der Waals surface area (Å²) in [5, 5.41) is 0.848. The second kappa shape index (κ2) is 12.1. The summed E-state index contributed by atoms with van der Waals surface area (Å²) in [7, 11) is 0. The number of piperazine rings is 2. The lowest BCUT2D eigenvalue weighted by Crippen LogP contribution is -2.48. The van der Waals surface area contributed by atoms with E-state index in [0.29, 0.717) is 42.2 Å². The van der Waals surface area contributed by atoms with E-state index in [0.717, 1.165) is 38.5 Å². The number of hydrogen-bond acceptors (Lipinski definition) is 7. The van der Waals surface area contributed by atoms with E-state index in [-0.39, 0.29) is 17.5 Å². The number of hydrogen-bond donors (Lipinski definition) is 0. The third-order valence-electron chi connectivity index (χ3n) is 6.76. The molecule has 0 N–H and O–H groups in total. The third-order valence-corrected chi connectivity index (χ3v) is 7.78. The van der Waals surface area contributed by atoms with Crippen LogP contribution in [0.5, 0.6) is 0 Å². The van der Waals surface area contributed by atoms with E-state index >= 15 is 0 Å². The first-order valence-electron chi connectivity index (χ1n) is 12.5. The molecule has 0 bridgehead atoms. The Morgan fingerprint density at radius 2 is 1.54 bits per heavy atom. The smallest absolute Gasteiger partial charge is 0.233 e. The number of aromatic nitrogens is 2. The molecule has 2 saturated heterocycles. The van der Waals surface area contributed by atoms with Gasteiger partial charge in [-0.1, -0.05) is 65.8 Å². The molecule has 2 aromatic carbocycles. The van der Waals surface area contributed by atoms with Crippen molar-refractivity contribution in [3.8, 4) is 0 Å². The predicted octanol–water partition coefficient (Wildman–Crippen LogP) is 4.03. The molecular formula is C27H30ClFN6OS. The lowest BCUT2D eigenvalue weighted by molar-refractivity contribution is -0.130. The van der Waals surface area contributed by atoms with E-state index in [1.165, 1.54) is 23.4 Å². The maximum Gasteiger partial charge on any atom is 0.233 e. The maximum atomic E-state index is 14.2. The van der Waals surface area contributed by atoms with Crippen LogP contribution in [-0.2, 0) is 11.3 Å². The Morgan fingerprint density at radius 3 is 2.27 bits per heavy atom. The first kappa shape index (κ1) is 25.8. The number of carbonyl (C=O) groups is 1. The molecule has 0 radical (unpaired) electrons. The third kappa shape index (κ3) is 6.71. The minimum atomic E-state index is -0.206. The van der Waals surface area contributed by atoms with Crippen molar-refractivity contribution in [3.63, 3.8) is 0 Å². The van der Waals surface area contributed by atoms with Crippen LogP contribution in [-0.4, -0.2) is 83.8 Å². The molecule has 2 fully saturated rings. The van der Waals surface area contributed by atoms with Crippen LogP contribution in [0, 0.1) is 5.82 Å². The predicted molar refractivity (Wildman–Crippen MR) is 147 cm³/mol. The average Bonchev–Trinajstić information content (AvgIpc) is 2.93. The zero-order valence-corrected chi connectivity index (χ0v) is 22.2. The van der Waals surface area contributed by atoms with E-state index in [1.807, 2.05) is 28.0 Å². The van der Waals surface area contributed by atoms with Gasteiger partial charge in [0.25, 0.3) is 0 Å².